The topological polar surface area (TPSA) is 87.7 Å². The zero-order valence-corrected chi connectivity index (χ0v) is 10.5. The first-order valence-electron chi connectivity index (χ1n) is 5.70. The fraction of sp³-hybridized carbons (Fsp3) is 0.818. The summed E-state index contributed by atoms with van der Waals surface area (Å²) in [5.41, 5.74) is 5.36. The van der Waals surface area contributed by atoms with Gasteiger partial charge in [0, 0.05) is 6.04 Å². The molecule has 0 fully saturated rings. The molecule has 0 heterocycles. The average molecular weight is 229 g/mol. The van der Waals surface area contributed by atoms with Gasteiger partial charge in [0.2, 0.25) is 5.91 Å². The maximum Gasteiger partial charge on any atom is 0.230 e. The summed E-state index contributed by atoms with van der Waals surface area (Å²) in [4.78, 5) is 11.6. The molecule has 0 saturated carbocycles. The van der Waals surface area contributed by atoms with Crippen molar-refractivity contribution in [2.24, 2.45) is 22.7 Å². The van der Waals surface area contributed by atoms with Gasteiger partial charge in [-0.1, -0.05) is 25.4 Å². The van der Waals surface area contributed by atoms with E-state index < -0.39 is 5.92 Å². The Balaban J connectivity index is 4.14. The molecule has 1 amide bonds. The van der Waals surface area contributed by atoms with E-state index in [-0.39, 0.29) is 17.8 Å². The number of amidine groups is 1. The third-order valence-corrected chi connectivity index (χ3v) is 2.79. The lowest BCUT2D eigenvalue weighted by Crippen LogP contribution is -2.41. The van der Waals surface area contributed by atoms with Crippen molar-refractivity contribution in [3.8, 4) is 0 Å². The molecule has 94 valence electrons. The minimum atomic E-state index is -0.593. The Morgan fingerprint density at radius 3 is 2.44 bits per heavy atom. The number of rotatable bonds is 6. The van der Waals surface area contributed by atoms with Crippen molar-refractivity contribution in [1.82, 2.24) is 5.32 Å². The molecule has 0 aliphatic heterocycles. The van der Waals surface area contributed by atoms with E-state index in [0.29, 0.717) is 5.92 Å². The van der Waals surface area contributed by atoms with Crippen LogP contribution in [0.2, 0.25) is 0 Å². The van der Waals surface area contributed by atoms with Gasteiger partial charge in [0.15, 0.2) is 5.84 Å². The van der Waals surface area contributed by atoms with E-state index >= 15 is 0 Å². The second-order valence-corrected chi connectivity index (χ2v) is 4.41. The Morgan fingerprint density at radius 1 is 1.44 bits per heavy atom. The summed E-state index contributed by atoms with van der Waals surface area (Å²) < 4.78 is 0. The van der Waals surface area contributed by atoms with Crippen molar-refractivity contribution in [1.29, 1.82) is 0 Å². The van der Waals surface area contributed by atoms with E-state index in [2.05, 4.69) is 24.3 Å². The smallest absolute Gasteiger partial charge is 0.230 e. The lowest BCUT2D eigenvalue weighted by atomic mass is 10.00. The molecule has 16 heavy (non-hydrogen) atoms. The highest BCUT2D eigenvalue weighted by Crippen LogP contribution is 2.09. The number of nitrogens with two attached hydrogens (primary N) is 1. The van der Waals surface area contributed by atoms with Gasteiger partial charge in [0.25, 0.3) is 0 Å². The molecule has 0 aromatic rings. The predicted octanol–water partition coefficient (Wildman–Crippen LogP) is 1.31. The molecule has 0 aromatic heterocycles. The van der Waals surface area contributed by atoms with Crippen LogP contribution in [-0.4, -0.2) is 23.0 Å². The second kappa shape index (κ2) is 7.09. The molecular weight excluding hydrogens is 206 g/mol. The monoisotopic (exact) mass is 229 g/mol. The molecule has 5 heteroatoms. The van der Waals surface area contributed by atoms with Gasteiger partial charge in [-0.3, -0.25) is 4.79 Å². The SMILES string of the molecule is CCC(C)CC(C)NC(=O)C(C)C(N)=NO. The summed E-state index contributed by atoms with van der Waals surface area (Å²) in [5, 5.41) is 14.1. The standard InChI is InChI=1S/C11H23N3O2/c1-5-7(2)6-8(3)13-11(15)9(4)10(12)14-16/h7-9,16H,5-6H2,1-4H3,(H2,12,14)(H,13,15). The molecule has 0 aromatic carbocycles. The Labute approximate surface area is 97.1 Å². The van der Waals surface area contributed by atoms with E-state index in [9.17, 15) is 4.79 Å². The molecular formula is C11H23N3O2. The molecule has 0 spiro atoms. The van der Waals surface area contributed by atoms with E-state index in [0.717, 1.165) is 12.8 Å². The normalized spacial score (nSPS) is 17.6. The largest absolute Gasteiger partial charge is 0.409 e. The van der Waals surface area contributed by atoms with Crippen LogP contribution in [0.4, 0.5) is 0 Å². The van der Waals surface area contributed by atoms with Crippen LogP contribution in [0, 0.1) is 11.8 Å². The molecule has 0 rings (SSSR count). The quantitative estimate of drug-likeness (QED) is 0.278. The highest BCUT2D eigenvalue weighted by atomic mass is 16.4. The molecule has 3 atom stereocenters. The number of hydrogen-bond donors (Lipinski definition) is 3. The van der Waals surface area contributed by atoms with Gasteiger partial charge in [-0.25, -0.2) is 0 Å². The molecule has 3 unspecified atom stereocenters. The highest BCUT2D eigenvalue weighted by molar-refractivity contribution is 6.01. The van der Waals surface area contributed by atoms with Crippen LogP contribution in [0.25, 0.3) is 0 Å². The van der Waals surface area contributed by atoms with Gasteiger partial charge >= 0.3 is 0 Å². The van der Waals surface area contributed by atoms with E-state index in [1.54, 1.807) is 6.92 Å². The van der Waals surface area contributed by atoms with Gasteiger partial charge in [-0.15, -0.1) is 0 Å². The van der Waals surface area contributed by atoms with E-state index in [1.807, 2.05) is 6.92 Å². The van der Waals surface area contributed by atoms with Crippen LogP contribution in [0.3, 0.4) is 0 Å². The molecule has 0 bridgehead atoms. The van der Waals surface area contributed by atoms with Gasteiger partial charge in [0.1, 0.15) is 0 Å². The van der Waals surface area contributed by atoms with E-state index in [4.69, 9.17) is 10.9 Å². The summed E-state index contributed by atoms with van der Waals surface area (Å²) in [6.07, 6.45) is 2.03. The molecule has 4 N–H and O–H groups in total. The van der Waals surface area contributed by atoms with Gasteiger partial charge in [-0.05, 0) is 26.2 Å². The lowest BCUT2D eigenvalue weighted by Gasteiger charge is -2.19. The molecule has 0 radical (unpaired) electrons. The fourth-order valence-corrected chi connectivity index (χ4v) is 1.42. The maximum atomic E-state index is 11.6. The number of nitrogens with one attached hydrogen (secondary N) is 1. The number of carbonyl (C=O) groups excluding carboxylic acids is 1. The first-order valence-corrected chi connectivity index (χ1v) is 5.70. The Bertz CT molecular complexity index is 254. The number of oxime groups is 1. The van der Waals surface area contributed by atoms with Crippen molar-refractivity contribution in [3.05, 3.63) is 0 Å². The van der Waals surface area contributed by atoms with E-state index in [1.165, 1.54) is 0 Å². The minimum absolute atomic E-state index is 0.0618. The molecule has 5 nitrogen and oxygen atoms in total. The van der Waals surface area contributed by atoms with Crippen molar-refractivity contribution < 1.29 is 10.0 Å². The number of nitrogens with zero attached hydrogens (tertiary/aromatic N) is 1. The Kier molecular flexibility index (Phi) is 6.53. The zero-order valence-electron chi connectivity index (χ0n) is 10.5. The van der Waals surface area contributed by atoms with Crippen molar-refractivity contribution in [3.63, 3.8) is 0 Å². The van der Waals surface area contributed by atoms with Gasteiger partial charge in [0.05, 0.1) is 5.92 Å². The number of carbonyl (C=O) groups is 1. The minimum Gasteiger partial charge on any atom is -0.409 e. The highest BCUT2D eigenvalue weighted by Gasteiger charge is 2.19. The van der Waals surface area contributed by atoms with Crippen molar-refractivity contribution in [2.45, 2.75) is 46.6 Å². The van der Waals surface area contributed by atoms with Crippen molar-refractivity contribution in [2.75, 3.05) is 0 Å². The third-order valence-electron chi connectivity index (χ3n) is 2.79. The maximum absolute atomic E-state index is 11.6. The van der Waals surface area contributed by atoms with Crippen LogP contribution < -0.4 is 11.1 Å². The third kappa shape index (κ3) is 5.00. The summed E-state index contributed by atoms with van der Waals surface area (Å²) in [6, 6.07) is 0.108. The van der Waals surface area contributed by atoms with Crippen LogP contribution in [0.1, 0.15) is 40.5 Å². The molecule has 0 aliphatic carbocycles. The Morgan fingerprint density at radius 2 is 2.00 bits per heavy atom. The second-order valence-electron chi connectivity index (χ2n) is 4.41. The van der Waals surface area contributed by atoms with Gasteiger partial charge < -0.3 is 16.3 Å². The summed E-state index contributed by atoms with van der Waals surface area (Å²) in [5.74, 6) is -0.279. The summed E-state index contributed by atoms with van der Waals surface area (Å²) in [7, 11) is 0. The number of amides is 1. The van der Waals surface area contributed by atoms with Crippen LogP contribution >= 0.6 is 0 Å². The predicted molar refractivity (Wildman–Crippen MR) is 64.2 cm³/mol. The number of hydrogen-bond acceptors (Lipinski definition) is 3. The summed E-state index contributed by atoms with van der Waals surface area (Å²) >= 11 is 0. The van der Waals surface area contributed by atoms with Crippen LogP contribution in [-0.2, 0) is 4.79 Å². The lowest BCUT2D eigenvalue weighted by molar-refractivity contribution is -0.123. The van der Waals surface area contributed by atoms with Crippen LogP contribution in [0.15, 0.2) is 5.16 Å². The van der Waals surface area contributed by atoms with Crippen molar-refractivity contribution >= 4 is 11.7 Å². The average Bonchev–Trinajstić information content (AvgIpc) is 2.26. The molecule has 0 saturated heterocycles. The first-order chi connectivity index (χ1) is 7.42. The van der Waals surface area contributed by atoms with Crippen LogP contribution in [0.5, 0.6) is 0 Å². The zero-order chi connectivity index (χ0) is 12.7. The van der Waals surface area contributed by atoms with Gasteiger partial charge in [-0.2, -0.15) is 0 Å². The first kappa shape index (κ1) is 14.7. The fourth-order valence-electron chi connectivity index (χ4n) is 1.42. The Hall–Kier alpha value is -1.26. The summed E-state index contributed by atoms with van der Waals surface area (Å²) in [6.45, 7) is 7.84. The molecule has 0 aliphatic rings.